The largest absolute Gasteiger partial charge is 0.484 e. The fraction of sp³-hybridized carbons (Fsp3) is 0.250. The van der Waals surface area contributed by atoms with Gasteiger partial charge in [-0.25, -0.2) is 9.97 Å². The van der Waals surface area contributed by atoms with Crippen LogP contribution in [0.15, 0.2) is 35.6 Å². The van der Waals surface area contributed by atoms with E-state index in [0.29, 0.717) is 23.1 Å². The summed E-state index contributed by atoms with van der Waals surface area (Å²) in [6.07, 6.45) is 3.21. The van der Waals surface area contributed by atoms with Crippen LogP contribution in [0, 0.1) is 0 Å². The molecule has 7 nitrogen and oxygen atoms in total. The van der Waals surface area contributed by atoms with Crippen molar-refractivity contribution in [3.05, 3.63) is 41.2 Å². The zero-order valence-corrected chi connectivity index (χ0v) is 15.3. The number of anilines is 1. The summed E-state index contributed by atoms with van der Waals surface area (Å²) in [6.45, 7) is 2.33. The molecular formula is C16H17ClN4O3S. The Hall–Kier alpha value is -2.32. The van der Waals surface area contributed by atoms with Crippen LogP contribution in [0.3, 0.4) is 0 Å². The molecule has 25 heavy (non-hydrogen) atoms. The first kappa shape index (κ1) is 19.0. The summed E-state index contributed by atoms with van der Waals surface area (Å²) >= 11 is 7.30. The van der Waals surface area contributed by atoms with Gasteiger partial charge in [0.05, 0.1) is 11.2 Å². The molecule has 0 spiro atoms. The lowest BCUT2D eigenvalue weighted by Crippen LogP contribution is -2.28. The zero-order valence-electron chi connectivity index (χ0n) is 13.7. The van der Waals surface area contributed by atoms with Crippen molar-refractivity contribution in [3.8, 4) is 5.75 Å². The molecule has 1 aromatic heterocycles. The Morgan fingerprint density at radius 3 is 2.64 bits per heavy atom. The van der Waals surface area contributed by atoms with E-state index in [0.717, 1.165) is 0 Å². The number of nitrogens with one attached hydrogen (secondary N) is 2. The van der Waals surface area contributed by atoms with Crippen LogP contribution in [0.1, 0.15) is 17.4 Å². The quantitative estimate of drug-likeness (QED) is 0.566. The molecule has 1 heterocycles. The fourth-order valence-corrected chi connectivity index (χ4v) is 2.35. The molecule has 132 valence electrons. The van der Waals surface area contributed by atoms with Gasteiger partial charge in [0.15, 0.2) is 17.5 Å². The van der Waals surface area contributed by atoms with E-state index in [2.05, 4.69) is 20.6 Å². The third kappa shape index (κ3) is 5.61. The van der Waals surface area contributed by atoms with Gasteiger partial charge in [0.25, 0.3) is 11.8 Å². The van der Waals surface area contributed by atoms with Crippen molar-refractivity contribution in [3.63, 3.8) is 0 Å². The Morgan fingerprint density at radius 1 is 1.28 bits per heavy atom. The van der Waals surface area contributed by atoms with E-state index in [9.17, 15) is 9.59 Å². The topological polar surface area (TPSA) is 93.2 Å². The van der Waals surface area contributed by atoms with Gasteiger partial charge in [-0.3, -0.25) is 9.59 Å². The maximum Gasteiger partial charge on any atom is 0.275 e. The fourth-order valence-electron chi connectivity index (χ4n) is 1.83. The molecular weight excluding hydrogens is 364 g/mol. The molecule has 2 rings (SSSR count). The van der Waals surface area contributed by atoms with E-state index < -0.39 is 5.91 Å². The normalized spacial score (nSPS) is 10.2. The number of halogens is 1. The van der Waals surface area contributed by atoms with Gasteiger partial charge < -0.3 is 15.4 Å². The van der Waals surface area contributed by atoms with Gasteiger partial charge in [0, 0.05) is 12.2 Å². The average molecular weight is 381 g/mol. The summed E-state index contributed by atoms with van der Waals surface area (Å²) in [6, 6.07) is 6.64. The number of nitrogens with zero attached hydrogens (tertiary/aromatic N) is 2. The van der Waals surface area contributed by atoms with Crippen molar-refractivity contribution in [1.82, 2.24) is 15.3 Å². The van der Waals surface area contributed by atoms with Gasteiger partial charge in [0.2, 0.25) is 0 Å². The lowest BCUT2D eigenvalue weighted by Gasteiger charge is -2.09. The molecule has 0 radical (unpaired) electrons. The smallest absolute Gasteiger partial charge is 0.275 e. The number of carbonyl (C=O) groups excluding carboxylic acids is 2. The first-order valence-corrected chi connectivity index (χ1v) is 9.01. The van der Waals surface area contributed by atoms with Crippen molar-refractivity contribution < 1.29 is 14.3 Å². The van der Waals surface area contributed by atoms with Crippen LogP contribution in [-0.4, -0.2) is 41.2 Å². The highest BCUT2D eigenvalue weighted by Gasteiger charge is 2.14. The molecule has 1 aromatic carbocycles. The monoisotopic (exact) mass is 380 g/mol. The van der Waals surface area contributed by atoms with Gasteiger partial charge in [0.1, 0.15) is 5.75 Å². The summed E-state index contributed by atoms with van der Waals surface area (Å²) in [5, 5.41) is 5.98. The van der Waals surface area contributed by atoms with Crippen LogP contribution in [0.2, 0.25) is 5.02 Å². The Morgan fingerprint density at radius 2 is 2.00 bits per heavy atom. The molecule has 9 heteroatoms. The molecule has 0 saturated heterocycles. The Balaban J connectivity index is 1.99. The number of ether oxygens (including phenoxy) is 1. The minimum Gasteiger partial charge on any atom is -0.484 e. The molecule has 0 saturated carbocycles. The van der Waals surface area contributed by atoms with Crippen LogP contribution in [0.25, 0.3) is 0 Å². The number of likely N-dealkylation sites (N-methyl/N-ethyl adjacent to an activating group) is 1. The van der Waals surface area contributed by atoms with Gasteiger partial charge in [-0.05, 0) is 37.4 Å². The highest BCUT2D eigenvalue weighted by molar-refractivity contribution is 7.98. The number of benzene rings is 1. The number of thioether (sulfide) groups is 1. The standard InChI is InChI=1S/C16H17ClN4O3S/c1-3-18-13(22)9-24-11-6-4-10(5-7-11)20-15(23)14-12(17)8-19-16(21-14)25-2/h4-8H,3,9H2,1-2H3,(H,18,22)(H,20,23). The summed E-state index contributed by atoms with van der Waals surface area (Å²) in [5.41, 5.74) is 0.660. The molecule has 0 bridgehead atoms. The molecule has 2 N–H and O–H groups in total. The van der Waals surface area contributed by atoms with Crippen molar-refractivity contribution in [2.75, 3.05) is 24.7 Å². The Kier molecular flexibility index (Phi) is 7.03. The van der Waals surface area contributed by atoms with E-state index in [1.54, 1.807) is 24.3 Å². The van der Waals surface area contributed by atoms with Crippen molar-refractivity contribution in [2.45, 2.75) is 12.1 Å². The molecule has 0 fully saturated rings. The van der Waals surface area contributed by atoms with Gasteiger partial charge in [-0.15, -0.1) is 0 Å². The number of aromatic nitrogens is 2. The van der Waals surface area contributed by atoms with Crippen LogP contribution in [0.4, 0.5) is 5.69 Å². The first-order chi connectivity index (χ1) is 12.0. The molecule has 0 aliphatic heterocycles. The summed E-state index contributed by atoms with van der Waals surface area (Å²) < 4.78 is 5.35. The summed E-state index contributed by atoms with van der Waals surface area (Å²) in [4.78, 5) is 31.8. The van der Waals surface area contributed by atoms with Crippen LogP contribution in [0.5, 0.6) is 5.75 Å². The Bertz CT molecular complexity index is 756. The second kappa shape index (κ2) is 9.24. The predicted octanol–water partition coefficient (Wildman–Crippen LogP) is 2.62. The molecule has 0 unspecified atom stereocenters. The Labute approximate surface area is 154 Å². The number of amides is 2. The summed E-state index contributed by atoms with van der Waals surface area (Å²) in [7, 11) is 0. The third-order valence-electron chi connectivity index (χ3n) is 2.98. The predicted molar refractivity (Wildman–Crippen MR) is 97.4 cm³/mol. The number of carbonyl (C=O) groups is 2. The highest BCUT2D eigenvalue weighted by atomic mass is 35.5. The van der Waals surface area contributed by atoms with Crippen molar-refractivity contribution >= 4 is 40.9 Å². The molecule has 0 atom stereocenters. The van der Waals surface area contributed by atoms with Crippen LogP contribution in [-0.2, 0) is 4.79 Å². The number of rotatable bonds is 7. The highest BCUT2D eigenvalue weighted by Crippen LogP contribution is 2.20. The number of hydrogen-bond acceptors (Lipinski definition) is 6. The van der Waals surface area contributed by atoms with E-state index in [-0.39, 0.29) is 23.2 Å². The second-order valence-corrected chi connectivity index (χ2v) is 5.95. The van der Waals surface area contributed by atoms with Crippen LogP contribution >= 0.6 is 23.4 Å². The first-order valence-electron chi connectivity index (χ1n) is 7.41. The van der Waals surface area contributed by atoms with E-state index in [1.807, 2.05) is 13.2 Å². The minimum atomic E-state index is -0.432. The zero-order chi connectivity index (χ0) is 18.2. The third-order valence-corrected chi connectivity index (χ3v) is 3.81. The summed E-state index contributed by atoms with van der Waals surface area (Å²) in [5.74, 6) is -0.101. The van der Waals surface area contributed by atoms with Gasteiger partial charge in [-0.2, -0.15) is 0 Å². The second-order valence-electron chi connectivity index (χ2n) is 4.77. The lowest BCUT2D eigenvalue weighted by molar-refractivity contribution is -0.122. The molecule has 2 amide bonds. The van der Waals surface area contributed by atoms with E-state index in [1.165, 1.54) is 18.0 Å². The minimum absolute atomic E-state index is 0.0620. The van der Waals surface area contributed by atoms with E-state index >= 15 is 0 Å². The average Bonchev–Trinajstić information content (AvgIpc) is 2.61. The molecule has 2 aromatic rings. The molecule has 0 aliphatic carbocycles. The van der Waals surface area contributed by atoms with Crippen molar-refractivity contribution in [2.24, 2.45) is 0 Å². The van der Waals surface area contributed by atoms with Gasteiger partial charge >= 0.3 is 0 Å². The molecule has 0 aliphatic rings. The maximum absolute atomic E-state index is 12.3. The number of hydrogen-bond donors (Lipinski definition) is 2. The van der Waals surface area contributed by atoms with Crippen molar-refractivity contribution in [1.29, 1.82) is 0 Å². The van der Waals surface area contributed by atoms with E-state index in [4.69, 9.17) is 16.3 Å². The lowest BCUT2D eigenvalue weighted by atomic mass is 10.3. The SMILES string of the molecule is CCNC(=O)COc1ccc(NC(=O)c2nc(SC)ncc2Cl)cc1. The van der Waals surface area contributed by atoms with Gasteiger partial charge in [-0.1, -0.05) is 23.4 Å². The van der Waals surface area contributed by atoms with Crippen LogP contribution < -0.4 is 15.4 Å². The maximum atomic E-state index is 12.3.